The van der Waals surface area contributed by atoms with Gasteiger partial charge in [0.1, 0.15) is 17.1 Å². The highest BCUT2D eigenvalue weighted by atomic mass is 32.2. The standard InChI is InChI=1S/C25H36N6O4S/c1-5-8-20-22-23(31(4)29-20)25(32)28-24(27-22)19-16-18(10-11-21(19)35-15-6-2)36(33,34)26-13-12-17-9-7-14-30(17)3/h10-11,16-17,26H,5-9,12-15H2,1-4H3,(H,27,28,32)/i3D3,5D2,8D2,13D2. The van der Waals surface area contributed by atoms with Crippen LogP contribution in [0.2, 0.25) is 0 Å². The smallest absolute Gasteiger partial charge is 0.277 e. The second kappa shape index (κ2) is 11.1. The lowest BCUT2D eigenvalue weighted by Gasteiger charge is -2.19. The summed E-state index contributed by atoms with van der Waals surface area (Å²) in [6, 6.07) is 2.93. The molecule has 11 heteroatoms. The molecule has 1 atom stereocenters. The van der Waals surface area contributed by atoms with Crippen molar-refractivity contribution in [3.05, 3.63) is 34.2 Å². The molecule has 1 aliphatic rings. The molecule has 4 rings (SSSR count). The van der Waals surface area contributed by atoms with Crippen LogP contribution in [0.25, 0.3) is 22.4 Å². The summed E-state index contributed by atoms with van der Waals surface area (Å²) >= 11 is 0. The predicted molar refractivity (Wildman–Crippen MR) is 140 cm³/mol. The summed E-state index contributed by atoms with van der Waals surface area (Å²) in [6.45, 7) is -1.63. The molecule has 1 unspecified atom stereocenters. The normalized spacial score (nSPS) is 22.0. The van der Waals surface area contributed by atoms with Crippen molar-refractivity contribution < 1.29 is 25.5 Å². The molecule has 0 spiro atoms. The van der Waals surface area contributed by atoms with Crippen LogP contribution in [0.4, 0.5) is 0 Å². The Balaban J connectivity index is 1.79. The first-order valence-electron chi connectivity index (χ1n) is 16.1. The summed E-state index contributed by atoms with van der Waals surface area (Å²) in [6.07, 6.45) is -3.97. The van der Waals surface area contributed by atoms with Gasteiger partial charge in [-0.15, -0.1) is 0 Å². The number of aryl methyl sites for hydroxylation is 2. The third-order valence-corrected chi connectivity index (χ3v) is 7.12. The van der Waals surface area contributed by atoms with E-state index >= 15 is 0 Å². The fourth-order valence-electron chi connectivity index (χ4n) is 4.07. The van der Waals surface area contributed by atoms with E-state index in [4.69, 9.17) is 17.1 Å². The Hall–Kier alpha value is -2.76. The molecule has 0 bridgehead atoms. The molecule has 1 aromatic carbocycles. The first-order chi connectivity index (χ1) is 20.6. The Labute approximate surface area is 224 Å². The minimum Gasteiger partial charge on any atom is -0.493 e. The van der Waals surface area contributed by atoms with E-state index in [0.717, 1.165) is 17.7 Å². The molecule has 36 heavy (non-hydrogen) atoms. The van der Waals surface area contributed by atoms with Crippen LogP contribution in [-0.2, 0) is 23.4 Å². The van der Waals surface area contributed by atoms with Gasteiger partial charge in [0.15, 0.2) is 5.52 Å². The zero-order valence-corrected chi connectivity index (χ0v) is 21.2. The quantitative estimate of drug-likeness (QED) is 0.395. The summed E-state index contributed by atoms with van der Waals surface area (Å²) < 4.78 is 109. The van der Waals surface area contributed by atoms with E-state index < -0.39 is 64.9 Å². The van der Waals surface area contributed by atoms with Crippen LogP contribution >= 0.6 is 0 Å². The molecular formula is C25H36N6O4S. The van der Waals surface area contributed by atoms with Gasteiger partial charge < -0.3 is 14.6 Å². The third kappa shape index (κ3) is 5.47. The fraction of sp³-hybridized carbons (Fsp3) is 0.560. The van der Waals surface area contributed by atoms with Gasteiger partial charge in [-0.05, 0) is 63.8 Å². The minimum atomic E-state index is -4.57. The van der Waals surface area contributed by atoms with Crippen molar-refractivity contribution in [2.75, 3.05) is 26.6 Å². The van der Waals surface area contributed by atoms with Crippen molar-refractivity contribution in [1.82, 2.24) is 29.4 Å². The van der Waals surface area contributed by atoms with Crippen LogP contribution in [0, 0.1) is 0 Å². The Morgan fingerprint density at radius 1 is 1.36 bits per heavy atom. The number of sulfonamides is 1. The van der Waals surface area contributed by atoms with Crippen molar-refractivity contribution in [2.45, 2.75) is 63.2 Å². The van der Waals surface area contributed by atoms with Gasteiger partial charge in [-0.1, -0.05) is 20.2 Å². The van der Waals surface area contributed by atoms with E-state index in [9.17, 15) is 13.2 Å². The molecule has 3 heterocycles. The largest absolute Gasteiger partial charge is 0.493 e. The van der Waals surface area contributed by atoms with Gasteiger partial charge in [-0.3, -0.25) is 9.48 Å². The van der Waals surface area contributed by atoms with Crippen LogP contribution in [0.3, 0.4) is 0 Å². The van der Waals surface area contributed by atoms with E-state index in [-0.39, 0.29) is 41.3 Å². The number of ether oxygens (including phenoxy) is 1. The number of H-pyrrole nitrogens is 1. The summed E-state index contributed by atoms with van der Waals surface area (Å²) in [4.78, 5) is 20.9. The lowest BCUT2D eigenvalue weighted by molar-refractivity contribution is 0.297. The highest BCUT2D eigenvalue weighted by molar-refractivity contribution is 7.89. The number of hydrogen-bond donors (Lipinski definition) is 2. The summed E-state index contributed by atoms with van der Waals surface area (Å²) in [5, 5.41) is 4.06. The number of hydrogen-bond acceptors (Lipinski definition) is 7. The van der Waals surface area contributed by atoms with Crippen molar-refractivity contribution in [2.24, 2.45) is 7.05 Å². The number of aromatic nitrogens is 4. The van der Waals surface area contributed by atoms with E-state index in [1.807, 2.05) is 11.6 Å². The summed E-state index contributed by atoms with van der Waals surface area (Å²) in [5.74, 6) is -0.0838. The number of fused-ring (bicyclic) bond motifs is 1. The van der Waals surface area contributed by atoms with Gasteiger partial charge in [-0.2, -0.15) is 5.10 Å². The van der Waals surface area contributed by atoms with Crippen molar-refractivity contribution in [3.63, 3.8) is 0 Å². The number of benzene rings is 1. The maximum absolute atomic E-state index is 13.5. The highest BCUT2D eigenvalue weighted by Crippen LogP contribution is 2.31. The molecule has 3 aromatic rings. The highest BCUT2D eigenvalue weighted by Gasteiger charge is 2.23. The second-order valence-electron chi connectivity index (χ2n) is 8.44. The Morgan fingerprint density at radius 2 is 2.19 bits per heavy atom. The number of aromatic amines is 1. The molecule has 1 fully saturated rings. The molecule has 10 nitrogen and oxygen atoms in total. The maximum Gasteiger partial charge on any atom is 0.277 e. The molecule has 2 aromatic heterocycles. The number of rotatable bonds is 11. The predicted octanol–water partition coefficient (Wildman–Crippen LogP) is 2.83. The molecule has 1 aliphatic heterocycles. The molecule has 0 saturated carbocycles. The van der Waals surface area contributed by atoms with Gasteiger partial charge in [0.05, 0.1) is 22.8 Å². The van der Waals surface area contributed by atoms with E-state index in [0.29, 0.717) is 19.3 Å². The van der Waals surface area contributed by atoms with Gasteiger partial charge in [0.25, 0.3) is 5.56 Å². The average molecular weight is 526 g/mol. The molecule has 196 valence electrons. The first-order valence-corrected chi connectivity index (χ1v) is 13.1. The van der Waals surface area contributed by atoms with Crippen LogP contribution in [0.1, 0.15) is 63.9 Å². The van der Waals surface area contributed by atoms with Crippen molar-refractivity contribution in [3.8, 4) is 17.1 Å². The molecule has 0 radical (unpaired) electrons. The second-order valence-corrected chi connectivity index (χ2v) is 10.1. The molecule has 0 aliphatic carbocycles. The monoisotopic (exact) mass is 525 g/mol. The van der Waals surface area contributed by atoms with Crippen molar-refractivity contribution in [1.29, 1.82) is 0 Å². The minimum absolute atomic E-state index is 0.00914. The molecule has 2 N–H and O–H groups in total. The Bertz CT molecular complexity index is 1740. The van der Waals surface area contributed by atoms with Crippen molar-refractivity contribution >= 4 is 21.1 Å². The SMILES string of the molecule is [2H]C([2H])(CC1CCCN1C([2H])([2H])[2H])NS(=O)(=O)c1ccc(OCCC)c(-c2nc3c(C([2H])([2H])C([2H])([2H])C)nn(C)c3c(=O)[nH]2)c1. The van der Waals surface area contributed by atoms with E-state index in [2.05, 4.69) is 15.1 Å². The van der Waals surface area contributed by atoms with E-state index in [1.54, 1.807) is 0 Å². The molecule has 1 saturated heterocycles. The van der Waals surface area contributed by atoms with Gasteiger partial charge in [0.2, 0.25) is 10.0 Å². The molecular weight excluding hydrogens is 480 g/mol. The van der Waals surface area contributed by atoms with Gasteiger partial charge in [0, 0.05) is 31.9 Å². The average Bonchev–Trinajstić information content (AvgIpc) is 3.50. The van der Waals surface area contributed by atoms with Crippen LogP contribution in [0.5, 0.6) is 5.75 Å². The topological polar surface area (TPSA) is 122 Å². The molecule has 0 amide bonds. The lowest BCUT2D eigenvalue weighted by atomic mass is 10.1. The van der Waals surface area contributed by atoms with Gasteiger partial charge >= 0.3 is 0 Å². The lowest BCUT2D eigenvalue weighted by Crippen LogP contribution is -2.31. The maximum atomic E-state index is 13.5. The van der Waals surface area contributed by atoms with Crippen LogP contribution < -0.4 is 15.0 Å². The zero-order valence-electron chi connectivity index (χ0n) is 29.4. The summed E-state index contributed by atoms with van der Waals surface area (Å²) in [7, 11) is -3.18. The fourth-order valence-corrected chi connectivity index (χ4v) is 4.98. The Morgan fingerprint density at radius 3 is 2.94 bits per heavy atom. The summed E-state index contributed by atoms with van der Waals surface area (Å²) in [5.41, 5.74) is -1.54. The number of likely N-dealkylation sites (tertiary alicyclic amines) is 1. The Kier molecular flexibility index (Phi) is 5.21. The van der Waals surface area contributed by atoms with E-state index in [1.165, 1.54) is 24.1 Å². The number of nitrogens with zero attached hydrogens (tertiary/aromatic N) is 4. The zero-order chi connectivity index (χ0) is 33.8. The first kappa shape index (κ1) is 16.9. The van der Waals surface area contributed by atoms with Gasteiger partial charge in [-0.25, -0.2) is 18.1 Å². The van der Waals surface area contributed by atoms with Crippen LogP contribution in [0.15, 0.2) is 27.9 Å². The van der Waals surface area contributed by atoms with Crippen LogP contribution in [-0.4, -0.2) is 65.7 Å². The number of nitrogens with one attached hydrogen (secondary N) is 2. The third-order valence-electron chi connectivity index (χ3n) is 5.84.